The van der Waals surface area contributed by atoms with Crippen LogP contribution in [-0.2, 0) is 12.4 Å². The first kappa shape index (κ1) is 17.6. The summed E-state index contributed by atoms with van der Waals surface area (Å²) in [5, 5.41) is 10.4. The fourth-order valence-corrected chi connectivity index (χ4v) is 2.17. The molecule has 0 spiro atoms. The van der Waals surface area contributed by atoms with Crippen LogP contribution in [0.3, 0.4) is 0 Å². The van der Waals surface area contributed by atoms with Gasteiger partial charge in [-0.2, -0.15) is 26.3 Å². The molecule has 2 rings (SSSR count). The van der Waals surface area contributed by atoms with Crippen molar-refractivity contribution in [3.8, 4) is 0 Å². The molecule has 0 saturated carbocycles. The maximum absolute atomic E-state index is 13.0. The Labute approximate surface area is 132 Å². The highest BCUT2D eigenvalue weighted by molar-refractivity contribution is 6.30. The van der Waals surface area contributed by atoms with Crippen molar-refractivity contribution in [2.24, 2.45) is 0 Å². The smallest absolute Gasteiger partial charge is 0.384 e. The molecule has 0 aliphatic carbocycles. The van der Waals surface area contributed by atoms with Crippen molar-refractivity contribution in [2.75, 3.05) is 0 Å². The number of benzene rings is 2. The van der Waals surface area contributed by atoms with Gasteiger partial charge < -0.3 is 5.11 Å². The van der Waals surface area contributed by atoms with Gasteiger partial charge in [-0.15, -0.1) is 0 Å². The van der Waals surface area contributed by atoms with Gasteiger partial charge >= 0.3 is 12.4 Å². The van der Waals surface area contributed by atoms with E-state index in [1.54, 1.807) is 0 Å². The van der Waals surface area contributed by atoms with Crippen molar-refractivity contribution in [3.63, 3.8) is 0 Å². The standard InChI is InChI=1S/C15H9ClF6O/c16-10-4-1-8(2-5-10)13(23)11-7-9(14(17,18)19)3-6-12(11)15(20,21)22/h1-7,13,23H. The Balaban J connectivity index is 2.59. The molecule has 0 aromatic heterocycles. The van der Waals surface area contributed by atoms with Crippen LogP contribution in [0.2, 0.25) is 5.02 Å². The molecule has 23 heavy (non-hydrogen) atoms. The number of hydrogen-bond donors (Lipinski definition) is 1. The zero-order chi connectivity index (χ0) is 17.4. The number of rotatable bonds is 2. The van der Waals surface area contributed by atoms with E-state index in [2.05, 4.69) is 0 Å². The third kappa shape index (κ3) is 3.97. The highest BCUT2D eigenvalue weighted by atomic mass is 35.5. The number of aliphatic hydroxyl groups excluding tert-OH is 1. The Morgan fingerprint density at radius 2 is 1.39 bits per heavy atom. The van der Waals surface area contributed by atoms with Crippen molar-refractivity contribution in [1.82, 2.24) is 0 Å². The molecule has 0 aliphatic heterocycles. The molecular weight excluding hydrogens is 346 g/mol. The molecule has 0 radical (unpaired) electrons. The van der Waals surface area contributed by atoms with Gasteiger partial charge in [-0.1, -0.05) is 23.7 Å². The van der Waals surface area contributed by atoms with Gasteiger partial charge in [-0.05, 0) is 41.5 Å². The molecule has 1 atom stereocenters. The second kappa shape index (κ2) is 6.05. The maximum atomic E-state index is 13.0. The first-order valence-corrected chi connectivity index (χ1v) is 6.60. The van der Waals surface area contributed by atoms with E-state index in [0.717, 1.165) is 0 Å². The summed E-state index contributed by atoms with van der Waals surface area (Å²) in [6.45, 7) is 0. The quantitative estimate of drug-likeness (QED) is 0.710. The van der Waals surface area contributed by atoms with Crippen molar-refractivity contribution in [2.45, 2.75) is 18.5 Å². The first-order valence-electron chi connectivity index (χ1n) is 6.22. The topological polar surface area (TPSA) is 20.2 Å². The van der Waals surface area contributed by atoms with Crippen molar-refractivity contribution in [1.29, 1.82) is 0 Å². The average Bonchev–Trinajstić information content (AvgIpc) is 2.45. The molecule has 2 aromatic rings. The van der Waals surface area contributed by atoms with Gasteiger partial charge in [-0.25, -0.2) is 0 Å². The highest BCUT2D eigenvalue weighted by Gasteiger charge is 2.38. The largest absolute Gasteiger partial charge is 0.416 e. The average molecular weight is 355 g/mol. The molecule has 0 aliphatic rings. The van der Waals surface area contributed by atoms with E-state index >= 15 is 0 Å². The number of aliphatic hydroxyl groups is 1. The molecule has 0 bridgehead atoms. The normalized spacial score (nSPS) is 13.9. The van der Waals surface area contributed by atoms with Crippen LogP contribution in [-0.4, -0.2) is 5.11 Å². The van der Waals surface area contributed by atoms with Crippen LogP contribution < -0.4 is 0 Å². The summed E-state index contributed by atoms with van der Waals surface area (Å²) in [7, 11) is 0. The Hall–Kier alpha value is -1.73. The van der Waals surface area contributed by atoms with Gasteiger partial charge in [0.15, 0.2) is 0 Å². The summed E-state index contributed by atoms with van der Waals surface area (Å²) in [5.41, 5.74) is -3.46. The highest BCUT2D eigenvalue weighted by Crippen LogP contribution is 2.40. The van der Waals surface area contributed by atoms with Gasteiger partial charge in [0.05, 0.1) is 11.1 Å². The minimum atomic E-state index is -4.90. The van der Waals surface area contributed by atoms with Crippen LogP contribution in [0.25, 0.3) is 0 Å². The van der Waals surface area contributed by atoms with Crippen molar-refractivity contribution in [3.05, 3.63) is 69.7 Å². The Kier molecular flexibility index (Phi) is 4.64. The zero-order valence-electron chi connectivity index (χ0n) is 11.2. The third-order valence-electron chi connectivity index (χ3n) is 3.16. The summed E-state index contributed by atoms with van der Waals surface area (Å²) >= 11 is 5.64. The maximum Gasteiger partial charge on any atom is 0.416 e. The summed E-state index contributed by atoms with van der Waals surface area (Å²) in [5.74, 6) is 0. The number of hydrogen-bond acceptors (Lipinski definition) is 1. The predicted octanol–water partition coefficient (Wildman–Crippen LogP) is 5.46. The lowest BCUT2D eigenvalue weighted by Gasteiger charge is -2.20. The van der Waals surface area contributed by atoms with Gasteiger partial charge in [0.25, 0.3) is 0 Å². The predicted molar refractivity (Wildman–Crippen MR) is 72.0 cm³/mol. The van der Waals surface area contributed by atoms with E-state index in [-0.39, 0.29) is 10.6 Å². The van der Waals surface area contributed by atoms with Crippen molar-refractivity contribution < 1.29 is 31.4 Å². The molecule has 0 saturated heterocycles. The van der Waals surface area contributed by atoms with Gasteiger partial charge in [0.1, 0.15) is 6.10 Å². The molecule has 0 amide bonds. The molecule has 1 nitrogen and oxygen atoms in total. The van der Waals surface area contributed by atoms with Crippen LogP contribution in [0.5, 0.6) is 0 Å². The van der Waals surface area contributed by atoms with E-state index in [1.807, 2.05) is 0 Å². The minimum absolute atomic E-state index is 0.000718. The van der Waals surface area contributed by atoms with Crippen LogP contribution in [0, 0.1) is 0 Å². The summed E-state index contributed by atoms with van der Waals surface area (Å²) in [6.07, 6.45) is -11.6. The number of halogens is 7. The molecule has 0 fully saturated rings. The van der Waals surface area contributed by atoms with E-state index in [1.165, 1.54) is 24.3 Å². The Morgan fingerprint density at radius 1 is 0.826 bits per heavy atom. The third-order valence-corrected chi connectivity index (χ3v) is 3.42. The van der Waals surface area contributed by atoms with E-state index in [9.17, 15) is 31.4 Å². The van der Waals surface area contributed by atoms with E-state index in [4.69, 9.17) is 11.6 Å². The van der Waals surface area contributed by atoms with Crippen LogP contribution in [0.15, 0.2) is 42.5 Å². The van der Waals surface area contributed by atoms with Crippen LogP contribution >= 0.6 is 11.6 Å². The lowest BCUT2D eigenvalue weighted by molar-refractivity contribution is -0.142. The molecule has 0 heterocycles. The summed E-state index contributed by atoms with van der Waals surface area (Å²) < 4.78 is 77.2. The summed E-state index contributed by atoms with van der Waals surface area (Å²) in [4.78, 5) is 0. The minimum Gasteiger partial charge on any atom is -0.384 e. The fourth-order valence-electron chi connectivity index (χ4n) is 2.05. The lowest BCUT2D eigenvalue weighted by atomic mass is 9.94. The van der Waals surface area contributed by atoms with Gasteiger partial charge in [-0.3, -0.25) is 0 Å². The molecule has 8 heteroatoms. The molecule has 1 N–H and O–H groups in total. The SMILES string of the molecule is OC(c1ccc(Cl)cc1)c1cc(C(F)(F)F)ccc1C(F)(F)F. The monoisotopic (exact) mass is 354 g/mol. The molecular formula is C15H9ClF6O. The lowest BCUT2D eigenvalue weighted by Crippen LogP contribution is -2.15. The summed E-state index contributed by atoms with van der Waals surface area (Å²) in [6, 6.07) is 6.09. The molecule has 124 valence electrons. The number of alkyl halides is 6. The van der Waals surface area contributed by atoms with Crippen LogP contribution in [0.4, 0.5) is 26.3 Å². The first-order chi connectivity index (χ1) is 10.5. The van der Waals surface area contributed by atoms with Crippen LogP contribution in [0.1, 0.15) is 28.4 Å². The fraction of sp³-hybridized carbons (Fsp3) is 0.200. The van der Waals surface area contributed by atoms with E-state index < -0.39 is 35.1 Å². The van der Waals surface area contributed by atoms with Gasteiger partial charge in [0, 0.05) is 5.02 Å². The second-order valence-corrected chi connectivity index (χ2v) is 5.19. The Bertz CT molecular complexity index is 691. The Morgan fingerprint density at radius 3 is 1.87 bits per heavy atom. The van der Waals surface area contributed by atoms with Crippen molar-refractivity contribution >= 4 is 11.6 Å². The molecule has 1 unspecified atom stereocenters. The van der Waals surface area contributed by atoms with E-state index in [0.29, 0.717) is 18.2 Å². The molecule has 2 aromatic carbocycles. The van der Waals surface area contributed by atoms with Gasteiger partial charge in [0.2, 0.25) is 0 Å². The zero-order valence-corrected chi connectivity index (χ0v) is 12.0. The second-order valence-electron chi connectivity index (χ2n) is 4.75.